The maximum absolute atomic E-state index is 12.7. The maximum Gasteiger partial charge on any atom is 0.339 e. The molecule has 9 nitrogen and oxygen atoms in total. The summed E-state index contributed by atoms with van der Waals surface area (Å²) in [5.74, 6) is -0.839. The molecule has 0 atom stereocenters. The van der Waals surface area contributed by atoms with Crippen molar-refractivity contribution in [3.8, 4) is 11.8 Å². The standard InChI is InChI=1S/C22H14IN3O6S/c23-17-8-10-18(11-9-17)25-22(27)16(14-24)12-15-4-1-2-7-21(15)32-33(30,31)20-6-3-5-19(13-20)26(28)29/h1-13H,(H,25,27)/b16-12-. The third-order valence-corrected chi connectivity index (χ3v) is 6.15. The monoisotopic (exact) mass is 575 g/mol. The van der Waals surface area contributed by atoms with Crippen LogP contribution < -0.4 is 9.50 Å². The summed E-state index contributed by atoms with van der Waals surface area (Å²) in [6.07, 6.45) is 1.19. The number of rotatable bonds is 7. The highest BCUT2D eigenvalue weighted by atomic mass is 127. The lowest BCUT2D eigenvalue weighted by Gasteiger charge is -2.10. The van der Waals surface area contributed by atoms with E-state index in [1.807, 2.05) is 0 Å². The molecule has 0 saturated carbocycles. The van der Waals surface area contributed by atoms with Crippen LogP contribution in [0.15, 0.2) is 83.3 Å². The van der Waals surface area contributed by atoms with Crippen LogP contribution in [0.5, 0.6) is 5.75 Å². The molecule has 166 valence electrons. The molecule has 0 aliphatic heterocycles. The number of non-ortho nitro benzene ring substituents is 1. The highest BCUT2D eigenvalue weighted by Crippen LogP contribution is 2.27. The fourth-order valence-electron chi connectivity index (χ4n) is 2.63. The van der Waals surface area contributed by atoms with Gasteiger partial charge in [-0.1, -0.05) is 24.3 Å². The summed E-state index contributed by atoms with van der Waals surface area (Å²) in [6.45, 7) is 0. The fourth-order valence-corrected chi connectivity index (χ4v) is 3.98. The van der Waals surface area contributed by atoms with E-state index >= 15 is 0 Å². The van der Waals surface area contributed by atoms with Crippen LogP contribution in [0.1, 0.15) is 5.56 Å². The van der Waals surface area contributed by atoms with E-state index in [1.165, 1.54) is 30.3 Å². The largest absolute Gasteiger partial charge is 0.378 e. The number of carbonyl (C=O) groups excluding carboxylic acids is 1. The molecule has 0 unspecified atom stereocenters. The quantitative estimate of drug-likeness (QED) is 0.109. The van der Waals surface area contributed by atoms with Gasteiger partial charge in [-0.05, 0) is 65.1 Å². The Labute approximate surface area is 202 Å². The smallest absolute Gasteiger partial charge is 0.339 e. The highest BCUT2D eigenvalue weighted by molar-refractivity contribution is 14.1. The van der Waals surface area contributed by atoms with Gasteiger partial charge < -0.3 is 9.50 Å². The Kier molecular flexibility index (Phi) is 7.41. The van der Waals surface area contributed by atoms with Crippen LogP contribution in [-0.4, -0.2) is 19.2 Å². The lowest BCUT2D eigenvalue weighted by Crippen LogP contribution is -2.14. The molecule has 0 heterocycles. The van der Waals surface area contributed by atoms with Crippen LogP contribution in [0.4, 0.5) is 11.4 Å². The summed E-state index contributed by atoms with van der Waals surface area (Å²) in [7, 11) is -4.43. The van der Waals surface area contributed by atoms with Crippen molar-refractivity contribution in [2.45, 2.75) is 4.90 Å². The van der Waals surface area contributed by atoms with Gasteiger partial charge in [0.15, 0.2) is 0 Å². The Morgan fingerprint density at radius 2 is 1.79 bits per heavy atom. The molecule has 0 bridgehead atoms. The number of amides is 1. The molecule has 0 aromatic heterocycles. The number of nitro benzene ring substituents is 1. The van der Waals surface area contributed by atoms with Crippen molar-refractivity contribution in [1.29, 1.82) is 5.26 Å². The number of nitriles is 1. The number of anilines is 1. The zero-order chi connectivity index (χ0) is 24.0. The Morgan fingerprint density at radius 1 is 1.09 bits per heavy atom. The van der Waals surface area contributed by atoms with E-state index in [-0.39, 0.29) is 16.9 Å². The van der Waals surface area contributed by atoms with Gasteiger partial charge in [-0.3, -0.25) is 14.9 Å². The van der Waals surface area contributed by atoms with Crippen LogP contribution in [0.3, 0.4) is 0 Å². The first-order valence-corrected chi connectivity index (χ1v) is 11.6. The average Bonchev–Trinajstić information content (AvgIpc) is 2.79. The normalized spacial score (nSPS) is 11.3. The van der Waals surface area contributed by atoms with Crippen LogP contribution in [0, 0.1) is 25.0 Å². The van der Waals surface area contributed by atoms with E-state index in [4.69, 9.17) is 4.18 Å². The van der Waals surface area contributed by atoms with E-state index in [9.17, 15) is 28.6 Å². The van der Waals surface area contributed by atoms with Crippen LogP contribution in [0.25, 0.3) is 6.08 Å². The minimum Gasteiger partial charge on any atom is -0.378 e. The molecule has 3 rings (SSSR count). The lowest BCUT2D eigenvalue weighted by molar-refractivity contribution is -0.385. The second kappa shape index (κ2) is 10.2. The Balaban J connectivity index is 1.90. The second-order valence-electron chi connectivity index (χ2n) is 6.46. The summed E-state index contributed by atoms with van der Waals surface area (Å²) in [4.78, 5) is 22.3. The van der Waals surface area contributed by atoms with Crippen LogP contribution in [0.2, 0.25) is 0 Å². The number of nitro groups is 1. The topological polar surface area (TPSA) is 139 Å². The Bertz CT molecular complexity index is 1400. The molecule has 0 saturated heterocycles. The fraction of sp³-hybridized carbons (Fsp3) is 0. The lowest BCUT2D eigenvalue weighted by atomic mass is 10.1. The van der Waals surface area contributed by atoms with Crippen molar-refractivity contribution in [2.24, 2.45) is 0 Å². The Hall–Kier alpha value is -3.76. The second-order valence-corrected chi connectivity index (χ2v) is 9.25. The van der Waals surface area contributed by atoms with Gasteiger partial charge in [0.2, 0.25) is 0 Å². The first-order valence-electron chi connectivity index (χ1n) is 9.16. The Morgan fingerprint density at radius 3 is 2.45 bits per heavy atom. The molecule has 33 heavy (non-hydrogen) atoms. The predicted octanol–water partition coefficient (Wildman–Crippen LogP) is 4.51. The number of hydrogen-bond donors (Lipinski definition) is 1. The number of carbonyl (C=O) groups is 1. The predicted molar refractivity (Wildman–Crippen MR) is 129 cm³/mol. The van der Waals surface area contributed by atoms with E-state index in [0.29, 0.717) is 5.69 Å². The number of benzene rings is 3. The SMILES string of the molecule is N#C/C(=C/c1ccccc1OS(=O)(=O)c1cccc([N+](=O)[O-])c1)C(=O)Nc1ccc(I)cc1. The number of nitrogens with one attached hydrogen (secondary N) is 1. The van der Waals surface area contributed by atoms with Gasteiger partial charge in [-0.25, -0.2) is 0 Å². The summed E-state index contributed by atoms with van der Waals surface area (Å²) in [5.41, 5.74) is -0.0515. The zero-order valence-electron chi connectivity index (χ0n) is 16.6. The van der Waals surface area contributed by atoms with E-state index in [0.717, 1.165) is 21.8 Å². The van der Waals surface area contributed by atoms with Gasteiger partial charge in [-0.2, -0.15) is 13.7 Å². The van der Waals surface area contributed by atoms with Gasteiger partial charge in [0.25, 0.3) is 11.6 Å². The molecule has 0 spiro atoms. The number of nitrogens with zero attached hydrogens (tertiary/aromatic N) is 2. The average molecular weight is 575 g/mol. The third-order valence-electron chi connectivity index (χ3n) is 4.20. The molecule has 1 N–H and O–H groups in total. The van der Waals surface area contributed by atoms with Gasteiger partial charge in [-0.15, -0.1) is 0 Å². The summed E-state index contributed by atoms with van der Waals surface area (Å²) in [5, 5.41) is 23.0. The van der Waals surface area contributed by atoms with Crippen molar-refractivity contribution in [3.63, 3.8) is 0 Å². The van der Waals surface area contributed by atoms with Crippen molar-refractivity contribution in [2.75, 3.05) is 5.32 Å². The van der Waals surface area contributed by atoms with Crippen LogP contribution in [-0.2, 0) is 14.9 Å². The van der Waals surface area contributed by atoms with Crippen molar-refractivity contribution in [1.82, 2.24) is 0 Å². The molecule has 0 fully saturated rings. The first-order chi connectivity index (χ1) is 15.7. The van der Waals surface area contributed by atoms with Crippen molar-refractivity contribution >= 4 is 56.1 Å². The summed E-state index contributed by atoms with van der Waals surface area (Å²) < 4.78 is 31.5. The molecule has 0 aliphatic carbocycles. The molecule has 0 radical (unpaired) electrons. The number of halogens is 1. The summed E-state index contributed by atoms with van der Waals surface area (Å²) >= 11 is 2.12. The molecule has 1 amide bonds. The van der Waals surface area contributed by atoms with Crippen molar-refractivity contribution < 1.29 is 22.3 Å². The van der Waals surface area contributed by atoms with E-state index in [2.05, 4.69) is 27.9 Å². The minimum absolute atomic E-state index is 0.154. The van der Waals surface area contributed by atoms with Gasteiger partial charge in [0, 0.05) is 27.0 Å². The minimum atomic E-state index is -4.43. The molecular weight excluding hydrogens is 561 g/mol. The zero-order valence-corrected chi connectivity index (χ0v) is 19.6. The molecule has 11 heteroatoms. The maximum atomic E-state index is 12.7. The van der Waals surface area contributed by atoms with E-state index < -0.39 is 31.5 Å². The van der Waals surface area contributed by atoms with Gasteiger partial charge in [0.1, 0.15) is 22.3 Å². The van der Waals surface area contributed by atoms with Crippen molar-refractivity contribution in [3.05, 3.63) is 97.6 Å². The number of hydrogen-bond acceptors (Lipinski definition) is 7. The van der Waals surface area contributed by atoms with Gasteiger partial charge >= 0.3 is 10.1 Å². The molecule has 3 aromatic carbocycles. The highest BCUT2D eigenvalue weighted by Gasteiger charge is 2.21. The summed E-state index contributed by atoms with van der Waals surface area (Å²) in [6, 6.07) is 19.0. The van der Waals surface area contributed by atoms with Crippen LogP contribution >= 0.6 is 22.6 Å². The molecule has 3 aromatic rings. The third kappa shape index (κ3) is 6.15. The van der Waals surface area contributed by atoms with Gasteiger partial charge in [0.05, 0.1) is 4.92 Å². The number of para-hydroxylation sites is 1. The van der Waals surface area contributed by atoms with E-state index in [1.54, 1.807) is 36.4 Å². The first kappa shape index (κ1) is 23.9. The molecule has 0 aliphatic rings. The molecular formula is C22H14IN3O6S.